The molecule has 2 aromatic rings. The lowest BCUT2D eigenvalue weighted by Gasteiger charge is -1.97. The molecule has 0 fully saturated rings. The van der Waals surface area contributed by atoms with Gasteiger partial charge in [-0.2, -0.15) is 0 Å². The van der Waals surface area contributed by atoms with Gasteiger partial charge < -0.3 is 16.0 Å². The SMILES string of the molecule is NC(=O)c1[nH]cnc1NC=Cc1cccnc1. The number of rotatable bonds is 4. The molecule has 0 saturated carbocycles. The zero-order valence-corrected chi connectivity index (χ0v) is 8.92. The molecule has 0 aliphatic carbocycles. The molecule has 0 aliphatic heterocycles. The number of nitrogens with zero attached hydrogens (tertiary/aromatic N) is 2. The number of nitrogens with one attached hydrogen (secondary N) is 2. The summed E-state index contributed by atoms with van der Waals surface area (Å²) < 4.78 is 0. The van der Waals surface area contributed by atoms with Crippen LogP contribution in [0, 0.1) is 0 Å². The van der Waals surface area contributed by atoms with E-state index in [4.69, 9.17) is 5.73 Å². The summed E-state index contributed by atoms with van der Waals surface area (Å²) in [5.74, 6) is -0.155. The van der Waals surface area contributed by atoms with Crippen molar-refractivity contribution in [1.29, 1.82) is 0 Å². The fraction of sp³-hybridized carbons (Fsp3) is 0. The predicted molar refractivity (Wildman–Crippen MR) is 64.0 cm³/mol. The Morgan fingerprint density at radius 3 is 3.12 bits per heavy atom. The third-order valence-electron chi connectivity index (χ3n) is 2.07. The summed E-state index contributed by atoms with van der Waals surface area (Å²) in [6.45, 7) is 0. The summed E-state index contributed by atoms with van der Waals surface area (Å²) in [6.07, 6.45) is 8.30. The lowest BCUT2D eigenvalue weighted by Crippen LogP contribution is -2.13. The molecule has 2 rings (SSSR count). The van der Waals surface area contributed by atoms with E-state index >= 15 is 0 Å². The standard InChI is InChI=1S/C11H11N5O/c12-10(17)9-11(16-7-15-9)14-5-3-8-2-1-4-13-6-8/h1-7,14H,(H2,12,17)(H,15,16). The van der Waals surface area contributed by atoms with Gasteiger partial charge in [-0.25, -0.2) is 4.98 Å². The first kappa shape index (κ1) is 10.9. The largest absolute Gasteiger partial charge is 0.364 e. The first-order chi connectivity index (χ1) is 8.27. The van der Waals surface area contributed by atoms with Crippen molar-refractivity contribution in [1.82, 2.24) is 15.0 Å². The van der Waals surface area contributed by atoms with Gasteiger partial charge >= 0.3 is 0 Å². The molecule has 1 amide bonds. The van der Waals surface area contributed by atoms with Crippen molar-refractivity contribution in [3.63, 3.8) is 0 Å². The van der Waals surface area contributed by atoms with Gasteiger partial charge in [0.2, 0.25) is 0 Å². The number of anilines is 1. The Bertz CT molecular complexity index is 532. The molecule has 6 heteroatoms. The maximum Gasteiger partial charge on any atom is 0.269 e. The fourth-order valence-electron chi connectivity index (χ4n) is 1.28. The van der Waals surface area contributed by atoms with Gasteiger partial charge in [0.1, 0.15) is 5.69 Å². The van der Waals surface area contributed by atoms with Gasteiger partial charge in [0.05, 0.1) is 6.33 Å². The Balaban J connectivity index is 2.05. The molecule has 0 spiro atoms. The molecule has 17 heavy (non-hydrogen) atoms. The number of hydrogen-bond acceptors (Lipinski definition) is 4. The van der Waals surface area contributed by atoms with Crippen LogP contribution in [0.15, 0.2) is 37.1 Å². The summed E-state index contributed by atoms with van der Waals surface area (Å²) in [7, 11) is 0. The van der Waals surface area contributed by atoms with Crippen molar-refractivity contribution < 1.29 is 4.79 Å². The van der Waals surface area contributed by atoms with E-state index in [-0.39, 0.29) is 5.69 Å². The van der Waals surface area contributed by atoms with Crippen molar-refractivity contribution in [2.45, 2.75) is 0 Å². The van der Waals surface area contributed by atoms with Crippen LogP contribution in [0.3, 0.4) is 0 Å². The highest BCUT2D eigenvalue weighted by atomic mass is 16.1. The maximum atomic E-state index is 11.0. The predicted octanol–water partition coefficient (Wildman–Crippen LogP) is 0.986. The monoisotopic (exact) mass is 229 g/mol. The highest BCUT2D eigenvalue weighted by Gasteiger charge is 2.08. The Morgan fingerprint density at radius 1 is 1.53 bits per heavy atom. The molecular weight excluding hydrogens is 218 g/mol. The molecule has 0 saturated heterocycles. The van der Waals surface area contributed by atoms with Gasteiger partial charge in [0, 0.05) is 18.6 Å². The number of carbonyl (C=O) groups excluding carboxylic acids is 1. The number of aromatic nitrogens is 3. The molecule has 0 unspecified atom stereocenters. The molecular formula is C11H11N5O. The molecule has 0 atom stereocenters. The van der Waals surface area contributed by atoms with Crippen molar-refractivity contribution >= 4 is 17.8 Å². The average Bonchev–Trinajstić information content (AvgIpc) is 2.79. The number of primary amides is 1. The van der Waals surface area contributed by atoms with Crippen LogP contribution in [0.1, 0.15) is 16.1 Å². The quantitative estimate of drug-likeness (QED) is 0.728. The van der Waals surface area contributed by atoms with Crippen LogP contribution in [0.2, 0.25) is 0 Å². The Morgan fingerprint density at radius 2 is 2.41 bits per heavy atom. The molecule has 2 aromatic heterocycles. The highest BCUT2D eigenvalue weighted by molar-refractivity contribution is 5.95. The topological polar surface area (TPSA) is 96.7 Å². The van der Waals surface area contributed by atoms with E-state index in [1.807, 2.05) is 18.2 Å². The van der Waals surface area contributed by atoms with Crippen molar-refractivity contribution in [3.8, 4) is 0 Å². The van der Waals surface area contributed by atoms with E-state index in [0.717, 1.165) is 5.56 Å². The minimum absolute atomic E-state index is 0.251. The van der Waals surface area contributed by atoms with Crippen molar-refractivity contribution in [2.75, 3.05) is 5.32 Å². The smallest absolute Gasteiger partial charge is 0.269 e. The van der Waals surface area contributed by atoms with Gasteiger partial charge in [-0.1, -0.05) is 6.07 Å². The second kappa shape index (κ2) is 4.93. The third-order valence-corrected chi connectivity index (χ3v) is 2.07. The summed E-state index contributed by atoms with van der Waals surface area (Å²) >= 11 is 0. The first-order valence-corrected chi connectivity index (χ1v) is 4.93. The molecule has 6 nitrogen and oxygen atoms in total. The van der Waals surface area contributed by atoms with Crippen LogP contribution in [0.5, 0.6) is 0 Å². The lowest BCUT2D eigenvalue weighted by atomic mass is 10.3. The number of amides is 1. The number of pyridine rings is 1. The molecule has 0 bridgehead atoms. The van der Waals surface area contributed by atoms with Crippen LogP contribution in [0.25, 0.3) is 6.08 Å². The van der Waals surface area contributed by atoms with Crippen LogP contribution >= 0.6 is 0 Å². The molecule has 86 valence electrons. The fourth-order valence-corrected chi connectivity index (χ4v) is 1.28. The number of imidazole rings is 1. The summed E-state index contributed by atoms with van der Waals surface area (Å²) in [5, 5.41) is 2.87. The second-order valence-corrected chi connectivity index (χ2v) is 3.25. The zero-order chi connectivity index (χ0) is 12.1. The first-order valence-electron chi connectivity index (χ1n) is 4.93. The van der Waals surface area contributed by atoms with E-state index in [9.17, 15) is 4.79 Å². The minimum atomic E-state index is -0.556. The number of nitrogens with two attached hydrogens (primary N) is 1. The molecule has 0 radical (unpaired) electrons. The zero-order valence-electron chi connectivity index (χ0n) is 8.92. The Labute approximate surface area is 97.6 Å². The van der Waals surface area contributed by atoms with Gasteiger partial charge in [-0.15, -0.1) is 0 Å². The van der Waals surface area contributed by atoms with Crippen LogP contribution in [-0.2, 0) is 0 Å². The maximum absolute atomic E-state index is 11.0. The summed E-state index contributed by atoms with van der Waals surface area (Å²) in [5.41, 5.74) is 6.35. The van der Waals surface area contributed by atoms with E-state index in [1.54, 1.807) is 18.6 Å². The molecule has 0 aromatic carbocycles. The normalized spacial score (nSPS) is 10.6. The third kappa shape index (κ3) is 2.69. The van der Waals surface area contributed by atoms with Crippen LogP contribution in [0.4, 0.5) is 5.82 Å². The van der Waals surface area contributed by atoms with Crippen molar-refractivity contribution in [2.24, 2.45) is 5.73 Å². The summed E-state index contributed by atoms with van der Waals surface area (Å²) in [4.78, 5) is 21.6. The van der Waals surface area contributed by atoms with E-state index in [1.165, 1.54) is 6.33 Å². The minimum Gasteiger partial charge on any atom is -0.364 e. The Kier molecular flexibility index (Phi) is 3.15. The molecule has 2 heterocycles. The van der Waals surface area contributed by atoms with Crippen LogP contribution < -0.4 is 11.1 Å². The number of H-pyrrole nitrogens is 1. The highest BCUT2D eigenvalue weighted by Crippen LogP contribution is 2.08. The number of carbonyl (C=O) groups is 1. The molecule has 0 aliphatic rings. The lowest BCUT2D eigenvalue weighted by molar-refractivity contribution is 0.0997. The van der Waals surface area contributed by atoms with Gasteiger partial charge in [0.15, 0.2) is 5.82 Å². The number of hydrogen-bond donors (Lipinski definition) is 3. The van der Waals surface area contributed by atoms with E-state index in [0.29, 0.717) is 5.82 Å². The average molecular weight is 229 g/mol. The van der Waals surface area contributed by atoms with Gasteiger partial charge in [0.25, 0.3) is 5.91 Å². The van der Waals surface area contributed by atoms with Crippen LogP contribution in [-0.4, -0.2) is 20.9 Å². The van der Waals surface area contributed by atoms with E-state index in [2.05, 4.69) is 20.3 Å². The second-order valence-electron chi connectivity index (χ2n) is 3.25. The van der Waals surface area contributed by atoms with Gasteiger partial charge in [-0.05, 0) is 17.7 Å². The van der Waals surface area contributed by atoms with Gasteiger partial charge in [-0.3, -0.25) is 9.78 Å². The Hall–Kier alpha value is -2.63. The van der Waals surface area contributed by atoms with E-state index < -0.39 is 5.91 Å². The number of aromatic amines is 1. The van der Waals surface area contributed by atoms with Crippen molar-refractivity contribution in [3.05, 3.63) is 48.3 Å². The summed E-state index contributed by atoms with van der Waals surface area (Å²) in [6, 6.07) is 3.74. The molecule has 4 N–H and O–H groups in total.